The van der Waals surface area contributed by atoms with Crippen LogP contribution in [0.15, 0.2) is 29.4 Å². The standard InChI is InChI=1S/C19H17F3N2O5S/c1-26-12-4-3-9(5-13(12)27-2)10-6-16(19(20,21)22)24-18(23-10)30-15-7-11(25)17-28-8-14(15)29-17/h3-6,14-15,17H,7-8H2,1-2H3/t14-,15+,17-/m1/s1. The zero-order valence-corrected chi connectivity index (χ0v) is 16.7. The molecule has 0 amide bonds. The number of alkyl halides is 3. The van der Waals surface area contributed by atoms with Crippen molar-refractivity contribution in [3.63, 3.8) is 0 Å². The Morgan fingerprint density at radius 2 is 1.90 bits per heavy atom. The van der Waals surface area contributed by atoms with E-state index in [0.29, 0.717) is 17.1 Å². The Labute approximate surface area is 173 Å². The summed E-state index contributed by atoms with van der Waals surface area (Å²) in [5.41, 5.74) is -0.597. The Kier molecular flexibility index (Phi) is 5.60. The van der Waals surface area contributed by atoms with Crippen LogP contribution in [0.3, 0.4) is 0 Å². The number of nitrogens with zero attached hydrogens (tertiary/aromatic N) is 2. The fraction of sp³-hybridized carbons (Fsp3) is 0.421. The van der Waals surface area contributed by atoms with Crippen LogP contribution in [-0.4, -0.2) is 54.2 Å². The van der Waals surface area contributed by atoms with Crippen LogP contribution in [0.5, 0.6) is 11.5 Å². The third-order valence-corrected chi connectivity index (χ3v) is 5.89. The van der Waals surface area contributed by atoms with Gasteiger partial charge in [0.2, 0.25) is 6.29 Å². The van der Waals surface area contributed by atoms with E-state index in [1.165, 1.54) is 14.2 Å². The summed E-state index contributed by atoms with van der Waals surface area (Å²) in [5.74, 6) is 0.555. The number of carbonyl (C=O) groups excluding carboxylic acids is 1. The number of halogens is 3. The van der Waals surface area contributed by atoms with Crippen LogP contribution in [0, 0.1) is 0 Å². The molecule has 160 valence electrons. The van der Waals surface area contributed by atoms with Crippen LogP contribution in [0.2, 0.25) is 0 Å². The maximum Gasteiger partial charge on any atom is 0.433 e. The number of ketones is 1. The van der Waals surface area contributed by atoms with Crippen LogP contribution in [-0.2, 0) is 20.4 Å². The Balaban J connectivity index is 1.70. The van der Waals surface area contributed by atoms with Crippen molar-refractivity contribution in [1.82, 2.24) is 9.97 Å². The Morgan fingerprint density at radius 3 is 2.60 bits per heavy atom. The summed E-state index contributed by atoms with van der Waals surface area (Å²) in [6, 6.07) is 5.59. The quantitative estimate of drug-likeness (QED) is 0.653. The van der Waals surface area contributed by atoms with Crippen molar-refractivity contribution in [1.29, 1.82) is 0 Å². The number of benzene rings is 1. The lowest BCUT2D eigenvalue weighted by molar-refractivity contribution is -0.151. The molecule has 11 heteroatoms. The summed E-state index contributed by atoms with van der Waals surface area (Å²) >= 11 is 0.980. The van der Waals surface area contributed by atoms with Gasteiger partial charge in [0.1, 0.15) is 5.69 Å². The summed E-state index contributed by atoms with van der Waals surface area (Å²) in [6.45, 7) is 0.204. The first-order valence-corrected chi connectivity index (χ1v) is 9.81. The second-order valence-corrected chi connectivity index (χ2v) is 7.86. The number of fused-ring (bicyclic) bond motifs is 2. The number of Topliss-reactive ketones (excluding diaryl/α,β-unsaturated/α-hetero) is 1. The molecule has 0 saturated carbocycles. The van der Waals surface area contributed by atoms with Crippen molar-refractivity contribution in [2.45, 2.75) is 35.4 Å². The number of carbonyl (C=O) groups is 1. The monoisotopic (exact) mass is 442 g/mol. The number of thioether (sulfide) groups is 1. The number of rotatable bonds is 5. The number of ether oxygens (including phenoxy) is 4. The molecular weight excluding hydrogens is 425 g/mol. The van der Waals surface area contributed by atoms with Crippen molar-refractivity contribution < 1.29 is 36.9 Å². The Bertz CT molecular complexity index is 972. The second-order valence-electron chi connectivity index (χ2n) is 6.66. The molecule has 3 atom stereocenters. The summed E-state index contributed by atoms with van der Waals surface area (Å²) in [4.78, 5) is 20.0. The van der Waals surface area contributed by atoms with E-state index in [0.717, 1.165) is 17.8 Å². The fourth-order valence-electron chi connectivity index (χ4n) is 3.23. The normalized spacial score (nSPS) is 23.5. The number of hydrogen-bond acceptors (Lipinski definition) is 8. The van der Waals surface area contributed by atoms with Gasteiger partial charge >= 0.3 is 6.18 Å². The average Bonchev–Trinajstić information content (AvgIpc) is 3.17. The molecule has 4 rings (SSSR count). The molecule has 2 fully saturated rings. The number of aromatic nitrogens is 2. The lowest BCUT2D eigenvalue weighted by Crippen LogP contribution is -2.37. The van der Waals surface area contributed by atoms with Crippen LogP contribution in [0.1, 0.15) is 12.1 Å². The number of hydrogen-bond donors (Lipinski definition) is 0. The van der Waals surface area contributed by atoms with Crippen LogP contribution >= 0.6 is 11.8 Å². The molecule has 7 nitrogen and oxygen atoms in total. The minimum Gasteiger partial charge on any atom is -0.493 e. The highest BCUT2D eigenvalue weighted by atomic mass is 32.2. The SMILES string of the molecule is COc1ccc(-c2cc(C(F)(F)F)nc(S[C@H]3CC(=O)[C@@H]4OC[C@H]3O4)n2)cc1OC. The predicted octanol–water partition coefficient (Wildman–Crippen LogP) is 3.35. The second kappa shape index (κ2) is 8.05. The molecule has 30 heavy (non-hydrogen) atoms. The average molecular weight is 442 g/mol. The maximum absolute atomic E-state index is 13.5. The summed E-state index contributed by atoms with van der Waals surface area (Å²) < 4.78 is 61.5. The molecule has 3 heterocycles. The van der Waals surface area contributed by atoms with Crippen LogP contribution < -0.4 is 9.47 Å². The lowest BCUT2D eigenvalue weighted by atomic mass is 10.1. The molecule has 0 aliphatic carbocycles. The van der Waals surface area contributed by atoms with Crippen molar-refractivity contribution in [3.8, 4) is 22.8 Å². The molecule has 1 aromatic heterocycles. The van der Waals surface area contributed by atoms with E-state index in [9.17, 15) is 18.0 Å². The van der Waals surface area contributed by atoms with E-state index in [2.05, 4.69) is 9.97 Å². The van der Waals surface area contributed by atoms with Gasteiger partial charge in [-0.1, -0.05) is 11.8 Å². The molecular formula is C19H17F3N2O5S. The van der Waals surface area contributed by atoms with Crippen molar-refractivity contribution in [2.75, 3.05) is 20.8 Å². The van der Waals surface area contributed by atoms with Gasteiger partial charge < -0.3 is 18.9 Å². The largest absolute Gasteiger partial charge is 0.493 e. The Morgan fingerprint density at radius 1 is 1.13 bits per heavy atom. The molecule has 0 spiro atoms. The Hall–Kier alpha value is -2.37. The van der Waals surface area contributed by atoms with Gasteiger partial charge in [-0.2, -0.15) is 13.2 Å². The molecule has 2 saturated heterocycles. The minimum atomic E-state index is -4.66. The van der Waals surface area contributed by atoms with Gasteiger partial charge in [-0.15, -0.1) is 0 Å². The van der Waals surface area contributed by atoms with Gasteiger partial charge in [-0.25, -0.2) is 9.97 Å². The highest BCUT2D eigenvalue weighted by molar-refractivity contribution is 7.99. The van der Waals surface area contributed by atoms with Crippen molar-refractivity contribution >= 4 is 17.5 Å². The van der Waals surface area contributed by atoms with Crippen LogP contribution in [0.25, 0.3) is 11.3 Å². The first-order valence-electron chi connectivity index (χ1n) is 8.93. The molecule has 2 bridgehead atoms. The van der Waals surface area contributed by atoms with E-state index in [1.54, 1.807) is 18.2 Å². The van der Waals surface area contributed by atoms with Gasteiger partial charge in [-0.3, -0.25) is 4.79 Å². The van der Waals surface area contributed by atoms with Crippen LogP contribution in [0.4, 0.5) is 13.2 Å². The van der Waals surface area contributed by atoms with Crippen molar-refractivity contribution in [3.05, 3.63) is 30.0 Å². The first-order chi connectivity index (χ1) is 14.3. The summed E-state index contributed by atoms with van der Waals surface area (Å²) in [5, 5.41) is -0.528. The molecule has 2 aliphatic rings. The minimum absolute atomic E-state index is 0.0735. The predicted molar refractivity (Wildman–Crippen MR) is 99.5 cm³/mol. The lowest BCUT2D eigenvalue weighted by Gasteiger charge is -2.25. The van der Waals surface area contributed by atoms with Crippen molar-refractivity contribution in [2.24, 2.45) is 0 Å². The van der Waals surface area contributed by atoms with Gasteiger partial charge in [0.05, 0.1) is 32.6 Å². The topological polar surface area (TPSA) is 79.8 Å². The fourth-order valence-corrected chi connectivity index (χ4v) is 4.34. The molecule has 0 unspecified atom stereocenters. The zero-order valence-electron chi connectivity index (χ0n) is 15.9. The van der Waals surface area contributed by atoms with Gasteiger partial charge in [0.25, 0.3) is 0 Å². The van der Waals surface area contributed by atoms with E-state index in [1.807, 2.05) is 0 Å². The van der Waals surface area contributed by atoms with Gasteiger partial charge in [-0.05, 0) is 24.3 Å². The van der Waals surface area contributed by atoms with Gasteiger partial charge in [0, 0.05) is 17.2 Å². The first kappa shape index (κ1) is 20.9. The molecule has 0 radical (unpaired) electrons. The third-order valence-electron chi connectivity index (χ3n) is 4.72. The highest BCUT2D eigenvalue weighted by Crippen LogP contribution is 2.39. The zero-order chi connectivity index (χ0) is 21.5. The molecule has 2 aromatic rings. The van der Waals surface area contributed by atoms with Gasteiger partial charge in [0.15, 0.2) is 22.4 Å². The smallest absolute Gasteiger partial charge is 0.433 e. The molecule has 0 N–H and O–H groups in total. The van der Waals surface area contributed by atoms with E-state index >= 15 is 0 Å². The summed E-state index contributed by atoms with van der Waals surface area (Å²) in [6.07, 6.45) is -5.83. The number of methoxy groups -OCH3 is 2. The third kappa shape index (κ3) is 4.09. The van der Waals surface area contributed by atoms with E-state index in [4.69, 9.17) is 18.9 Å². The summed E-state index contributed by atoms with van der Waals surface area (Å²) in [7, 11) is 2.89. The maximum atomic E-state index is 13.5. The molecule has 2 aliphatic heterocycles. The molecule has 1 aromatic carbocycles. The highest BCUT2D eigenvalue weighted by Gasteiger charge is 2.44. The van der Waals surface area contributed by atoms with E-state index in [-0.39, 0.29) is 29.7 Å². The van der Waals surface area contributed by atoms with E-state index < -0.39 is 29.5 Å².